The molecule has 0 aliphatic heterocycles. The number of benzene rings is 2. The van der Waals surface area contributed by atoms with E-state index in [2.05, 4.69) is 67.7 Å². The van der Waals surface area contributed by atoms with Crippen molar-refractivity contribution in [3.05, 3.63) is 71.3 Å². The van der Waals surface area contributed by atoms with Crippen molar-refractivity contribution in [3.63, 3.8) is 0 Å². The standard InChI is InChI=1S/C26H31NO/c1-18-8-10-23(11-9-18)25-13-20-12-21(14-25)16-26(15-20,17-25)24(28)27-19(2)22-6-4-3-5-7-22/h3-11,19-21H,12-17H2,1-2H3,(H,27,28)/t19-,20+,21+,25?,26?/m0/s1. The Bertz CT molecular complexity index is 855. The van der Waals surface area contributed by atoms with Gasteiger partial charge in [-0.2, -0.15) is 0 Å². The van der Waals surface area contributed by atoms with Crippen molar-refractivity contribution >= 4 is 5.91 Å². The number of aryl methyl sites for hydroxylation is 1. The molecule has 2 aromatic rings. The Kier molecular flexibility index (Phi) is 4.15. The van der Waals surface area contributed by atoms with Crippen molar-refractivity contribution in [1.29, 1.82) is 0 Å². The molecule has 4 fully saturated rings. The lowest BCUT2D eigenvalue weighted by atomic mass is 9.42. The molecule has 1 amide bonds. The van der Waals surface area contributed by atoms with Gasteiger partial charge in [0, 0.05) is 0 Å². The first-order chi connectivity index (χ1) is 13.5. The average Bonchev–Trinajstić information content (AvgIpc) is 2.68. The maximum absolute atomic E-state index is 13.6. The highest BCUT2D eigenvalue weighted by atomic mass is 16.2. The van der Waals surface area contributed by atoms with Gasteiger partial charge < -0.3 is 5.32 Å². The fraction of sp³-hybridized carbons (Fsp3) is 0.500. The Hall–Kier alpha value is -2.09. The van der Waals surface area contributed by atoms with E-state index in [-0.39, 0.29) is 16.9 Å². The zero-order valence-corrected chi connectivity index (χ0v) is 17.1. The number of carbonyl (C=O) groups is 1. The second kappa shape index (κ2) is 6.47. The van der Waals surface area contributed by atoms with Gasteiger partial charge >= 0.3 is 0 Å². The predicted molar refractivity (Wildman–Crippen MR) is 113 cm³/mol. The summed E-state index contributed by atoms with van der Waals surface area (Å²) in [6.07, 6.45) is 7.08. The number of carbonyl (C=O) groups excluding carboxylic acids is 1. The van der Waals surface area contributed by atoms with Crippen LogP contribution in [0.2, 0.25) is 0 Å². The van der Waals surface area contributed by atoms with Crippen LogP contribution in [0.15, 0.2) is 54.6 Å². The van der Waals surface area contributed by atoms with Crippen LogP contribution in [0.5, 0.6) is 0 Å². The highest BCUT2D eigenvalue weighted by molar-refractivity contribution is 5.84. The van der Waals surface area contributed by atoms with E-state index < -0.39 is 0 Å². The molecule has 0 saturated heterocycles. The number of hydrogen-bond acceptors (Lipinski definition) is 1. The van der Waals surface area contributed by atoms with Crippen LogP contribution < -0.4 is 5.32 Å². The van der Waals surface area contributed by atoms with Gasteiger partial charge in [-0.3, -0.25) is 4.79 Å². The van der Waals surface area contributed by atoms with Crippen LogP contribution in [-0.2, 0) is 10.2 Å². The fourth-order valence-corrected chi connectivity index (χ4v) is 6.95. The van der Waals surface area contributed by atoms with Crippen LogP contribution in [0.4, 0.5) is 0 Å². The van der Waals surface area contributed by atoms with Crippen LogP contribution in [-0.4, -0.2) is 5.91 Å². The summed E-state index contributed by atoms with van der Waals surface area (Å²) in [4.78, 5) is 13.6. The summed E-state index contributed by atoms with van der Waals surface area (Å²) in [5.74, 6) is 1.72. The van der Waals surface area contributed by atoms with Gasteiger partial charge in [-0.15, -0.1) is 0 Å². The highest BCUT2D eigenvalue weighted by Crippen LogP contribution is 2.65. The van der Waals surface area contributed by atoms with Crippen LogP contribution in [0.1, 0.15) is 68.2 Å². The Labute approximate surface area is 168 Å². The molecule has 0 radical (unpaired) electrons. The zero-order valence-electron chi connectivity index (χ0n) is 17.1. The summed E-state index contributed by atoms with van der Waals surface area (Å²) >= 11 is 0. The second-order valence-corrected chi connectivity index (χ2v) is 9.99. The molecule has 0 spiro atoms. The van der Waals surface area contributed by atoms with Crippen molar-refractivity contribution in [1.82, 2.24) is 5.32 Å². The lowest BCUT2D eigenvalue weighted by Gasteiger charge is -2.61. The predicted octanol–water partition coefficient (Wildman–Crippen LogP) is 5.71. The topological polar surface area (TPSA) is 29.1 Å². The third-order valence-corrected chi connectivity index (χ3v) is 7.85. The van der Waals surface area contributed by atoms with E-state index in [0.717, 1.165) is 19.3 Å². The average molecular weight is 374 g/mol. The molecule has 4 aliphatic carbocycles. The van der Waals surface area contributed by atoms with Gasteiger partial charge in [0.2, 0.25) is 5.91 Å². The molecule has 4 bridgehead atoms. The molecule has 4 saturated carbocycles. The van der Waals surface area contributed by atoms with E-state index in [1.54, 1.807) is 0 Å². The SMILES string of the molecule is Cc1ccc(C23C[C@H]4C[C@@H](CC(C(=O)N[C@@H](C)c5ccccc5)(C4)C2)C3)cc1. The summed E-state index contributed by atoms with van der Waals surface area (Å²) in [5, 5.41) is 3.39. The molecule has 0 unspecified atom stereocenters. The third kappa shape index (κ3) is 2.89. The number of amides is 1. The quantitative estimate of drug-likeness (QED) is 0.730. The van der Waals surface area contributed by atoms with E-state index >= 15 is 0 Å². The molecule has 3 atom stereocenters. The summed E-state index contributed by atoms with van der Waals surface area (Å²) in [5.41, 5.74) is 4.02. The highest BCUT2D eigenvalue weighted by Gasteiger charge is 2.60. The Morgan fingerprint density at radius 2 is 1.61 bits per heavy atom. The normalized spacial score (nSPS) is 34.2. The van der Waals surface area contributed by atoms with Gasteiger partial charge in [-0.05, 0) is 80.8 Å². The van der Waals surface area contributed by atoms with E-state index in [0.29, 0.717) is 17.7 Å². The maximum Gasteiger partial charge on any atom is 0.226 e. The molecule has 2 heteroatoms. The molecule has 6 rings (SSSR count). The van der Waals surface area contributed by atoms with E-state index in [4.69, 9.17) is 0 Å². The Morgan fingerprint density at radius 1 is 0.964 bits per heavy atom. The smallest absolute Gasteiger partial charge is 0.226 e. The first-order valence-corrected chi connectivity index (χ1v) is 10.9. The summed E-state index contributed by atoms with van der Waals surface area (Å²) < 4.78 is 0. The largest absolute Gasteiger partial charge is 0.349 e. The Balaban J connectivity index is 1.43. The molecule has 4 aliphatic rings. The third-order valence-electron chi connectivity index (χ3n) is 7.85. The first-order valence-electron chi connectivity index (χ1n) is 10.9. The van der Waals surface area contributed by atoms with Gasteiger partial charge in [0.25, 0.3) is 0 Å². The van der Waals surface area contributed by atoms with Crippen molar-refractivity contribution in [3.8, 4) is 0 Å². The molecular formula is C26H31NO. The van der Waals surface area contributed by atoms with Crippen molar-refractivity contribution in [2.75, 3.05) is 0 Å². The van der Waals surface area contributed by atoms with Crippen LogP contribution in [0.3, 0.4) is 0 Å². The van der Waals surface area contributed by atoms with Crippen molar-refractivity contribution in [2.24, 2.45) is 17.3 Å². The molecule has 0 heterocycles. The van der Waals surface area contributed by atoms with E-state index in [1.165, 1.54) is 36.0 Å². The molecule has 0 aromatic heterocycles. The summed E-state index contributed by atoms with van der Waals surface area (Å²) in [7, 11) is 0. The summed E-state index contributed by atoms with van der Waals surface area (Å²) in [6, 6.07) is 19.6. The minimum atomic E-state index is -0.169. The summed E-state index contributed by atoms with van der Waals surface area (Å²) in [6.45, 7) is 4.27. The van der Waals surface area contributed by atoms with Gasteiger partial charge in [0.05, 0.1) is 11.5 Å². The monoisotopic (exact) mass is 373 g/mol. The fourth-order valence-electron chi connectivity index (χ4n) is 6.95. The van der Waals surface area contributed by atoms with Crippen molar-refractivity contribution in [2.45, 2.75) is 63.8 Å². The molecular weight excluding hydrogens is 342 g/mol. The van der Waals surface area contributed by atoms with Crippen LogP contribution >= 0.6 is 0 Å². The lowest BCUT2D eigenvalue weighted by Crippen LogP contribution is -2.59. The second-order valence-electron chi connectivity index (χ2n) is 9.99. The Morgan fingerprint density at radius 3 is 2.25 bits per heavy atom. The lowest BCUT2D eigenvalue weighted by molar-refractivity contribution is -0.149. The van der Waals surface area contributed by atoms with E-state index in [1.807, 2.05) is 6.07 Å². The number of rotatable bonds is 4. The molecule has 2 nitrogen and oxygen atoms in total. The van der Waals surface area contributed by atoms with E-state index in [9.17, 15) is 4.79 Å². The molecule has 2 aromatic carbocycles. The van der Waals surface area contributed by atoms with Crippen LogP contribution in [0.25, 0.3) is 0 Å². The van der Waals surface area contributed by atoms with Gasteiger partial charge in [-0.25, -0.2) is 0 Å². The minimum Gasteiger partial charge on any atom is -0.349 e. The zero-order chi connectivity index (χ0) is 19.4. The van der Waals surface area contributed by atoms with Crippen molar-refractivity contribution < 1.29 is 4.79 Å². The van der Waals surface area contributed by atoms with Crippen LogP contribution in [0, 0.1) is 24.2 Å². The number of hydrogen-bond donors (Lipinski definition) is 1. The van der Waals surface area contributed by atoms with Gasteiger partial charge in [0.15, 0.2) is 0 Å². The first kappa shape index (κ1) is 18.0. The molecule has 146 valence electrons. The maximum atomic E-state index is 13.6. The minimum absolute atomic E-state index is 0.0667. The molecule has 28 heavy (non-hydrogen) atoms. The van der Waals surface area contributed by atoms with Gasteiger partial charge in [-0.1, -0.05) is 60.2 Å². The molecule has 1 N–H and O–H groups in total. The van der Waals surface area contributed by atoms with Gasteiger partial charge in [0.1, 0.15) is 0 Å². The number of nitrogens with one attached hydrogen (secondary N) is 1.